The number of nitrogens with zero attached hydrogens (tertiary/aromatic N) is 1. The molecule has 2 aliphatic rings. The molecule has 0 aliphatic heterocycles. The predicted molar refractivity (Wildman–Crippen MR) is 157 cm³/mol. The van der Waals surface area contributed by atoms with Crippen LogP contribution in [0.15, 0.2) is 120 Å². The molecule has 0 amide bonds. The van der Waals surface area contributed by atoms with Crippen LogP contribution in [0.4, 0.5) is 0 Å². The largest absolute Gasteiger partial charge is 0.296 e. The molecule has 1 heterocycles. The Kier molecular flexibility index (Phi) is 4.30. The summed E-state index contributed by atoms with van der Waals surface area (Å²) in [7, 11) is 0. The van der Waals surface area contributed by atoms with E-state index < -0.39 is 0 Å². The molecule has 2 heteroatoms. The van der Waals surface area contributed by atoms with E-state index in [-0.39, 0.29) is 5.41 Å². The molecule has 0 saturated heterocycles. The molecule has 174 valence electrons. The van der Waals surface area contributed by atoms with Gasteiger partial charge in [-0.25, -0.2) is 0 Å². The molecule has 1 aromatic heterocycles. The second-order valence-corrected chi connectivity index (χ2v) is 11.0. The summed E-state index contributed by atoms with van der Waals surface area (Å²) in [5.41, 5.74) is 13.0. The number of hydrogen-bond acceptors (Lipinski definition) is 2. The second-order valence-electron chi connectivity index (χ2n) is 9.94. The maximum Gasteiger partial charge on any atom is 0.0740 e. The zero-order chi connectivity index (χ0) is 24.6. The Morgan fingerprint density at radius 1 is 0.622 bits per heavy atom. The van der Waals surface area contributed by atoms with Crippen molar-refractivity contribution in [3.63, 3.8) is 0 Å². The summed E-state index contributed by atoms with van der Waals surface area (Å²) in [5.74, 6) is 0. The zero-order valence-corrected chi connectivity index (χ0v) is 21.1. The number of rotatable bonds is 3. The average Bonchev–Trinajstić information content (AvgIpc) is 3.57. The maximum absolute atomic E-state index is 4.18. The lowest BCUT2D eigenvalue weighted by Crippen LogP contribution is -2.25. The van der Waals surface area contributed by atoms with E-state index in [1.807, 2.05) is 11.3 Å². The van der Waals surface area contributed by atoms with E-state index in [0.717, 1.165) is 0 Å². The lowest BCUT2D eigenvalue weighted by Gasteiger charge is -2.30. The highest BCUT2D eigenvalue weighted by atomic mass is 32.1. The fourth-order valence-electron chi connectivity index (χ4n) is 6.82. The van der Waals surface area contributed by atoms with Crippen LogP contribution in [0.25, 0.3) is 42.8 Å². The molecule has 0 bridgehead atoms. The number of thiophene rings is 1. The molecule has 0 saturated carbocycles. The molecule has 5 aromatic carbocycles. The first kappa shape index (κ1) is 20.9. The quantitative estimate of drug-likeness (QED) is 0.219. The molecule has 1 nitrogen and oxygen atoms in total. The SMILES string of the molecule is C=NCc1ccccc1-c1ccc2c(c1)-c1ccccc1C21c2ccccc2-c2sc3ccccc3c21. The predicted octanol–water partition coefficient (Wildman–Crippen LogP) is 9.11. The van der Waals surface area contributed by atoms with Crippen LogP contribution in [-0.2, 0) is 12.0 Å². The van der Waals surface area contributed by atoms with Gasteiger partial charge in [0.2, 0.25) is 0 Å². The summed E-state index contributed by atoms with van der Waals surface area (Å²) in [6, 6.07) is 42.7. The van der Waals surface area contributed by atoms with Crippen molar-refractivity contribution < 1.29 is 0 Å². The number of fused-ring (bicyclic) bond motifs is 12. The van der Waals surface area contributed by atoms with Crippen LogP contribution >= 0.6 is 11.3 Å². The Morgan fingerprint density at radius 2 is 1.27 bits per heavy atom. The first-order chi connectivity index (χ1) is 18.3. The van der Waals surface area contributed by atoms with Crippen molar-refractivity contribution in [2.75, 3.05) is 0 Å². The van der Waals surface area contributed by atoms with Gasteiger partial charge in [-0.2, -0.15) is 0 Å². The topological polar surface area (TPSA) is 12.4 Å². The van der Waals surface area contributed by atoms with Crippen LogP contribution in [0.2, 0.25) is 0 Å². The van der Waals surface area contributed by atoms with Gasteiger partial charge in [0.25, 0.3) is 0 Å². The fraction of sp³-hybridized carbons (Fsp3) is 0.0571. The molecule has 6 aromatic rings. The van der Waals surface area contributed by atoms with E-state index in [1.54, 1.807) is 0 Å². The van der Waals surface area contributed by atoms with Gasteiger partial charge in [0.15, 0.2) is 0 Å². The summed E-state index contributed by atoms with van der Waals surface area (Å²) in [6.45, 7) is 4.36. The molecule has 0 N–H and O–H groups in total. The highest BCUT2D eigenvalue weighted by Gasteiger charge is 2.53. The second kappa shape index (κ2) is 7.61. The highest BCUT2D eigenvalue weighted by Crippen LogP contribution is 2.66. The van der Waals surface area contributed by atoms with Gasteiger partial charge in [0.05, 0.1) is 12.0 Å². The first-order valence-electron chi connectivity index (χ1n) is 12.7. The van der Waals surface area contributed by atoms with Crippen LogP contribution in [0.3, 0.4) is 0 Å². The molecule has 1 atom stereocenters. The van der Waals surface area contributed by atoms with Crippen LogP contribution in [0.1, 0.15) is 27.8 Å². The number of benzene rings is 5. The Bertz CT molecular complexity index is 1890. The molecular formula is C35H23NS. The molecular weight excluding hydrogens is 466 g/mol. The van der Waals surface area contributed by atoms with Crippen molar-refractivity contribution in [3.8, 4) is 32.7 Å². The van der Waals surface area contributed by atoms with Crippen LogP contribution in [-0.4, -0.2) is 6.72 Å². The number of aliphatic imine (C=N–C) groups is 1. The third-order valence-corrected chi connectivity index (χ3v) is 9.41. The minimum Gasteiger partial charge on any atom is -0.296 e. The standard InChI is InChI=1S/C35H23NS/c1-36-21-23-10-2-3-11-24(23)22-18-19-31-28(20-22)25-12-4-7-15-29(25)35(31)30-16-8-5-13-26(30)34-33(35)27-14-6-9-17-32(27)37-34/h2-20H,1,21H2. The highest BCUT2D eigenvalue weighted by molar-refractivity contribution is 7.22. The monoisotopic (exact) mass is 489 g/mol. The van der Waals surface area contributed by atoms with Crippen LogP contribution in [0.5, 0.6) is 0 Å². The Balaban J connectivity index is 1.49. The molecule has 1 unspecified atom stereocenters. The third kappa shape index (κ3) is 2.61. The third-order valence-electron chi connectivity index (χ3n) is 8.20. The van der Waals surface area contributed by atoms with Crippen molar-refractivity contribution in [1.82, 2.24) is 0 Å². The smallest absolute Gasteiger partial charge is 0.0740 e. The van der Waals surface area contributed by atoms with E-state index in [9.17, 15) is 0 Å². The normalized spacial score (nSPS) is 16.4. The summed E-state index contributed by atoms with van der Waals surface area (Å²) >= 11 is 1.93. The Hall–Kier alpha value is -4.27. The van der Waals surface area contributed by atoms with E-state index in [0.29, 0.717) is 6.54 Å². The maximum atomic E-state index is 4.18. The molecule has 37 heavy (non-hydrogen) atoms. The first-order valence-corrected chi connectivity index (χ1v) is 13.5. The van der Waals surface area contributed by atoms with E-state index in [1.165, 1.54) is 70.6 Å². The molecule has 2 aliphatic carbocycles. The van der Waals surface area contributed by atoms with E-state index in [4.69, 9.17) is 0 Å². The lowest BCUT2D eigenvalue weighted by atomic mass is 9.70. The summed E-state index contributed by atoms with van der Waals surface area (Å²) < 4.78 is 1.36. The number of hydrogen-bond donors (Lipinski definition) is 0. The Labute approximate surface area is 220 Å². The van der Waals surface area contributed by atoms with E-state index >= 15 is 0 Å². The molecule has 1 spiro atoms. The van der Waals surface area contributed by atoms with Gasteiger partial charge in [-0.3, -0.25) is 4.99 Å². The van der Waals surface area contributed by atoms with Crippen LogP contribution in [0, 0.1) is 0 Å². The Morgan fingerprint density at radius 3 is 2.11 bits per heavy atom. The van der Waals surface area contributed by atoms with Crippen LogP contribution < -0.4 is 0 Å². The van der Waals surface area contributed by atoms with Crippen molar-refractivity contribution in [2.45, 2.75) is 12.0 Å². The van der Waals surface area contributed by atoms with Crippen molar-refractivity contribution in [3.05, 3.63) is 143 Å². The summed E-state index contributed by atoms with van der Waals surface area (Å²) in [4.78, 5) is 5.59. The summed E-state index contributed by atoms with van der Waals surface area (Å²) in [5, 5.41) is 1.37. The zero-order valence-electron chi connectivity index (χ0n) is 20.2. The van der Waals surface area contributed by atoms with E-state index in [2.05, 4.69) is 127 Å². The van der Waals surface area contributed by atoms with Gasteiger partial charge in [-0.15, -0.1) is 11.3 Å². The van der Waals surface area contributed by atoms with Crippen molar-refractivity contribution >= 4 is 28.1 Å². The van der Waals surface area contributed by atoms with Gasteiger partial charge < -0.3 is 0 Å². The van der Waals surface area contributed by atoms with Gasteiger partial charge in [0, 0.05) is 9.58 Å². The molecule has 0 radical (unpaired) electrons. The lowest BCUT2D eigenvalue weighted by molar-refractivity contribution is 0.803. The minimum atomic E-state index is -0.307. The van der Waals surface area contributed by atoms with Gasteiger partial charge in [0.1, 0.15) is 0 Å². The van der Waals surface area contributed by atoms with Gasteiger partial charge >= 0.3 is 0 Å². The summed E-state index contributed by atoms with van der Waals surface area (Å²) in [6.07, 6.45) is 0. The van der Waals surface area contributed by atoms with Crippen molar-refractivity contribution in [2.24, 2.45) is 4.99 Å². The average molecular weight is 490 g/mol. The van der Waals surface area contributed by atoms with Crippen molar-refractivity contribution in [1.29, 1.82) is 0 Å². The molecule has 0 fully saturated rings. The minimum absolute atomic E-state index is 0.307. The fourth-order valence-corrected chi connectivity index (χ4v) is 8.12. The van der Waals surface area contributed by atoms with Gasteiger partial charge in [-0.05, 0) is 79.9 Å². The molecule has 8 rings (SSSR count). The van der Waals surface area contributed by atoms with Gasteiger partial charge in [-0.1, -0.05) is 103 Å².